The van der Waals surface area contributed by atoms with Crippen molar-refractivity contribution in [1.82, 2.24) is 14.5 Å². The van der Waals surface area contributed by atoms with Crippen LogP contribution in [0.3, 0.4) is 0 Å². The summed E-state index contributed by atoms with van der Waals surface area (Å²) in [5.41, 5.74) is 15.2. The molecule has 7 aromatic carbocycles. The van der Waals surface area contributed by atoms with Crippen LogP contribution in [-0.4, -0.2) is 22.6 Å². The van der Waals surface area contributed by atoms with Gasteiger partial charge in [-0.15, -0.1) is 41.3 Å². The fourth-order valence-electron chi connectivity index (χ4n) is 9.42. The topological polar surface area (TPSA) is 30.7 Å². The minimum absolute atomic E-state index is 0. The summed E-state index contributed by atoms with van der Waals surface area (Å²) >= 11 is 1.69. The summed E-state index contributed by atoms with van der Waals surface area (Å²) in [6.45, 7) is 23.2. The summed E-state index contributed by atoms with van der Waals surface area (Å²) in [4.78, 5) is 10.1. The molecule has 0 N–H and O–H groups in total. The first kappa shape index (κ1) is 49.7. The molecule has 0 unspecified atom stereocenters. The van der Waals surface area contributed by atoms with Gasteiger partial charge in [-0.1, -0.05) is 199 Å². The summed E-state index contributed by atoms with van der Waals surface area (Å²) in [7, 11) is -1.34. The van der Waals surface area contributed by atoms with Gasteiger partial charge in [-0.2, -0.15) is 0 Å². The van der Waals surface area contributed by atoms with Crippen molar-refractivity contribution in [2.45, 2.75) is 86.4 Å². The third-order valence-corrected chi connectivity index (χ3v) is 15.7. The van der Waals surface area contributed by atoms with E-state index < -0.39 is 8.07 Å². The van der Waals surface area contributed by atoms with Gasteiger partial charge in [0.25, 0.3) is 0 Å². The van der Waals surface area contributed by atoms with E-state index in [4.69, 9.17) is 4.98 Å². The fourth-order valence-corrected chi connectivity index (χ4v) is 11.9. The first-order valence-electron chi connectivity index (χ1n) is 24.2. The number of fused-ring (bicyclic) bond motifs is 3. The van der Waals surface area contributed by atoms with Crippen LogP contribution in [0.15, 0.2) is 164 Å². The molecule has 0 aliphatic carbocycles. The molecule has 69 heavy (non-hydrogen) atoms. The maximum atomic E-state index is 5.39. The molecule has 0 saturated heterocycles. The standard InChI is InChI=1S/C45H39N2S.C18H24NSi.Ir/c1-29(2)22-30-20-21-33-24-38-39(28-48-42(38)25-34(33)23-30)44-46-40-18-12-13-19-41(40)47(44)43-36(31-14-8-6-9-15-31)26-35(45(3,4)5)27-37(43)32-16-10-7-11-17-32;1-14(2)11-16-12-17(15-9-7-6-8-10-15)19-13-18(16)20(3,4)5;/h6-21,23-27,29H,22H2,1-5H3;6-9,12-14H,11H2,1-5H3;/q2*-1;. The summed E-state index contributed by atoms with van der Waals surface area (Å²) < 4.78 is 3.63. The van der Waals surface area contributed by atoms with Gasteiger partial charge in [0, 0.05) is 37.4 Å². The Balaban J connectivity index is 0.000000257. The van der Waals surface area contributed by atoms with E-state index in [1.165, 1.54) is 65.0 Å². The predicted octanol–water partition coefficient (Wildman–Crippen LogP) is 17.0. The molecule has 6 heteroatoms. The number of thiophene rings is 1. The molecule has 0 aliphatic heterocycles. The van der Waals surface area contributed by atoms with Crippen molar-refractivity contribution in [3.63, 3.8) is 0 Å². The van der Waals surface area contributed by atoms with Crippen LogP contribution >= 0.6 is 11.3 Å². The Morgan fingerprint density at radius 2 is 1.30 bits per heavy atom. The van der Waals surface area contributed by atoms with Crippen LogP contribution in [0.4, 0.5) is 0 Å². The average Bonchev–Trinajstić information content (AvgIpc) is 3.91. The van der Waals surface area contributed by atoms with Crippen molar-refractivity contribution in [1.29, 1.82) is 0 Å². The van der Waals surface area contributed by atoms with Crippen LogP contribution in [0.1, 0.15) is 65.2 Å². The molecule has 3 heterocycles. The monoisotopic (exact) mass is 1110 g/mol. The van der Waals surface area contributed by atoms with Gasteiger partial charge in [0.05, 0.1) is 30.6 Å². The smallest absolute Gasteiger partial charge is 0.0798 e. The van der Waals surface area contributed by atoms with Gasteiger partial charge in [0.15, 0.2) is 0 Å². The largest absolute Gasteiger partial charge is 0.332 e. The van der Waals surface area contributed by atoms with Gasteiger partial charge in [0.2, 0.25) is 0 Å². The van der Waals surface area contributed by atoms with Crippen molar-refractivity contribution in [3.8, 4) is 50.6 Å². The van der Waals surface area contributed by atoms with E-state index in [9.17, 15) is 0 Å². The molecular weight excluding hydrogens is 1050 g/mol. The zero-order valence-electron chi connectivity index (χ0n) is 41.7. The van der Waals surface area contributed by atoms with Crippen LogP contribution in [0.25, 0.3) is 82.5 Å². The molecule has 0 amide bonds. The number of aromatic nitrogens is 3. The number of hydrogen-bond acceptors (Lipinski definition) is 3. The molecule has 0 bridgehead atoms. The second-order valence-corrected chi connectivity index (χ2v) is 27.1. The van der Waals surface area contributed by atoms with Gasteiger partial charge in [-0.3, -0.25) is 16.3 Å². The van der Waals surface area contributed by atoms with Crippen molar-refractivity contribution in [2.75, 3.05) is 0 Å². The molecule has 10 rings (SSSR count). The molecule has 0 spiro atoms. The van der Waals surface area contributed by atoms with Crippen molar-refractivity contribution >= 4 is 56.5 Å². The Morgan fingerprint density at radius 3 is 1.91 bits per heavy atom. The number of nitrogens with zero attached hydrogens (tertiary/aromatic N) is 3. The summed E-state index contributed by atoms with van der Waals surface area (Å²) in [5, 5.41) is 8.95. The number of benzene rings is 7. The normalized spacial score (nSPS) is 11.9. The molecule has 0 fully saturated rings. The first-order valence-corrected chi connectivity index (χ1v) is 28.5. The van der Waals surface area contributed by atoms with E-state index in [1.54, 1.807) is 11.3 Å². The van der Waals surface area contributed by atoms with E-state index in [1.807, 2.05) is 18.2 Å². The Labute approximate surface area is 429 Å². The van der Waals surface area contributed by atoms with Crippen LogP contribution in [0, 0.1) is 23.3 Å². The zero-order valence-corrected chi connectivity index (χ0v) is 46.0. The first-order chi connectivity index (χ1) is 32.6. The number of imidazole rings is 1. The van der Waals surface area contributed by atoms with Crippen LogP contribution < -0.4 is 5.19 Å². The fraction of sp³-hybridized carbons (Fsp3) is 0.238. The molecule has 1 radical (unpaired) electrons. The number of rotatable bonds is 10. The third-order valence-electron chi connectivity index (χ3n) is 12.7. The summed E-state index contributed by atoms with van der Waals surface area (Å²) in [6, 6.07) is 60.2. The number of hydrogen-bond donors (Lipinski definition) is 0. The van der Waals surface area contributed by atoms with Gasteiger partial charge in [-0.05, 0) is 98.3 Å². The number of para-hydroxylation sites is 2. The van der Waals surface area contributed by atoms with E-state index in [-0.39, 0.29) is 25.5 Å². The second-order valence-electron chi connectivity index (χ2n) is 21.2. The van der Waals surface area contributed by atoms with E-state index in [2.05, 4.69) is 235 Å². The van der Waals surface area contributed by atoms with Gasteiger partial charge >= 0.3 is 0 Å². The van der Waals surface area contributed by atoms with Crippen molar-refractivity contribution < 1.29 is 20.1 Å². The minimum Gasteiger partial charge on any atom is -0.332 e. The molecule has 10 aromatic rings. The maximum Gasteiger partial charge on any atom is 0.0798 e. The van der Waals surface area contributed by atoms with Crippen LogP contribution in [-0.2, 0) is 38.4 Å². The van der Waals surface area contributed by atoms with Crippen LogP contribution in [0.2, 0.25) is 19.6 Å². The molecule has 0 saturated carbocycles. The third kappa shape index (κ3) is 10.9. The number of pyridine rings is 1. The minimum atomic E-state index is -1.34. The van der Waals surface area contributed by atoms with Crippen molar-refractivity contribution in [2.24, 2.45) is 11.8 Å². The van der Waals surface area contributed by atoms with Gasteiger partial charge in [-0.25, -0.2) is 0 Å². The SMILES string of the molecule is CC(C)Cc1cc(-c2[c-]cccc2)ncc1[Si](C)(C)C.CC(C)Cc1ccc2cc3c(-c4nc5ccccc5n4-c4c(-c5ccccc5)cc(C(C)(C)C)cc4-c4ccccc4)[c-]sc3cc2c1.[Ir]. The quantitative estimate of drug-likeness (QED) is 0.101. The average molecular weight is 1110 g/mol. The van der Waals surface area contributed by atoms with Crippen molar-refractivity contribution in [3.05, 3.63) is 192 Å². The van der Waals surface area contributed by atoms with Crippen LogP contribution in [0.5, 0.6) is 0 Å². The molecular formula is C63H63IrN3SSi-2. The van der Waals surface area contributed by atoms with E-state index in [0.717, 1.165) is 52.2 Å². The Morgan fingerprint density at radius 1 is 0.667 bits per heavy atom. The molecule has 0 atom stereocenters. The Hall–Kier alpha value is -5.75. The summed E-state index contributed by atoms with van der Waals surface area (Å²) in [6.07, 6.45) is 4.32. The molecule has 0 aliphatic rings. The van der Waals surface area contributed by atoms with E-state index >= 15 is 0 Å². The Kier molecular flexibility index (Phi) is 14.9. The maximum absolute atomic E-state index is 5.39. The molecule has 351 valence electrons. The molecule has 3 nitrogen and oxygen atoms in total. The van der Waals surface area contributed by atoms with E-state index in [0.29, 0.717) is 11.8 Å². The molecule has 3 aromatic heterocycles. The Bertz CT molecular complexity index is 3300. The zero-order chi connectivity index (χ0) is 47.7. The predicted molar refractivity (Wildman–Crippen MR) is 296 cm³/mol. The van der Waals surface area contributed by atoms with Gasteiger partial charge in [0.1, 0.15) is 0 Å². The summed E-state index contributed by atoms with van der Waals surface area (Å²) in [5.74, 6) is 2.20. The second kappa shape index (κ2) is 20.7. The van der Waals surface area contributed by atoms with Gasteiger partial charge < -0.3 is 9.55 Å².